The van der Waals surface area contributed by atoms with Crippen molar-refractivity contribution in [3.8, 4) is 0 Å². The van der Waals surface area contributed by atoms with Crippen molar-refractivity contribution in [1.82, 2.24) is 15.0 Å². The van der Waals surface area contributed by atoms with Crippen molar-refractivity contribution in [2.45, 2.75) is 6.54 Å². The molecule has 0 saturated heterocycles. The monoisotopic (exact) mass is 309 g/mol. The zero-order valence-electron chi connectivity index (χ0n) is 10.7. The van der Waals surface area contributed by atoms with Gasteiger partial charge in [-0.25, -0.2) is 0 Å². The molecular weight excluding hydrogens is 294 g/mol. The van der Waals surface area contributed by atoms with Crippen LogP contribution in [0.4, 0.5) is 11.4 Å². The van der Waals surface area contributed by atoms with Gasteiger partial charge in [0, 0.05) is 25.6 Å². The van der Waals surface area contributed by atoms with Gasteiger partial charge in [-0.15, -0.1) is 5.10 Å². The predicted octanol–water partition coefficient (Wildman–Crippen LogP) is 2.26. The van der Waals surface area contributed by atoms with Gasteiger partial charge in [0.25, 0.3) is 0 Å². The maximum atomic E-state index is 3.91. The highest BCUT2D eigenvalue weighted by atomic mass is 79.9. The van der Waals surface area contributed by atoms with E-state index in [1.807, 2.05) is 27.2 Å². The minimum absolute atomic E-state index is 0.695. The van der Waals surface area contributed by atoms with Gasteiger partial charge in [0.05, 0.1) is 29.8 Å². The molecule has 0 aliphatic rings. The summed E-state index contributed by atoms with van der Waals surface area (Å²) in [4.78, 5) is 2.08. The highest BCUT2D eigenvalue weighted by Gasteiger charge is 2.06. The van der Waals surface area contributed by atoms with Gasteiger partial charge in [-0.05, 0) is 18.2 Å². The third-order valence-electron chi connectivity index (χ3n) is 2.71. The van der Waals surface area contributed by atoms with Crippen LogP contribution in [0.2, 0.25) is 0 Å². The van der Waals surface area contributed by atoms with Gasteiger partial charge in [-0.1, -0.05) is 21.1 Å². The molecule has 1 heterocycles. The van der Waals surface area contributed by atoms with Crippen LogP contribution in [0.15, 0.2) is 28.9 Å². The summed E-state index contributed by atoms with van der Waals surface area (Å²) < 4.78 is 2.82. The Balaban J connectivity index is 2.18. The predicted molar refractivity (Wildman–Crippen MR) is 76.8 cm³/mol. The number of rotatable bonds is 4. The average molecular weight is 310 g/mol. The van der Waals surface area contributed by atoms with Crippen molar-refractivity contribution in [2.75, 3.05) is 24.3 Å². The number of aromatic nitrogens is 3. The highest BCUT2D eigenvalue weighted by Crippen LogP contribution is 2.28. The number of nitrogens with one attached hydrogen (secondary N) is 1. The van der Waals surface area contributed by atoms with E-state index < -0.39 is 0 Å². The van der Waals surface area contributed by atoms with Crippen molar-refractivity contribution in [3.05, 3.63) is 34.6 Å². The second kappa shape index (κ2) is 5.39. The fourth-order valence-electron chi connectivity index (χ4n) is 1.70. The Kier molecular flexibility index (Phi) is 3.86. The molecule has 0 aliphatic heterocycles. The van der Waals surface area contributed by atoms with E-state index in [0.717, 1.165) is 21.5 Å². The normalized spacial score (nSPS) is 10.4. The van der Waals surface area contributed by atoms with Crippen LogP contribution in [0.1, 0.15) is 5.69 Å². The molecule has 0 amide bonds. The summed E-state index contributed by atoms with van der Waals surface area (Å²) in [6, 6.07) is 6.18. The third kappa shape index (κ3) is 2.81. The minimum Gasteiger partial charge on any atom is -0.378 e. The molecule has 5 nitrogen and oxygen atoms in total. The molecular formula is C12H16BrN5. The van der Waals surface area contributed by atoms with Crippen molar-refractivity contribution in [3.63, 3.8) is 0 Å². The van der Waals surface area contributed by atoms with Crippen molar-refractivity contribution < 1.29 is 0 Å². The van der Waals surface area contributed by atoms with Gasteiger partial charge in [0.2, 0.25) is 0 Å². The van der Waals surface area contributed by atoms with Gasteiger partial charge in [0.15, 0.2) is 0 Å². The summed E-state index contributed by atoms with van der Waals surface area (Å²) in [5.41, 5.74) is 3.27. The first kappa shape index (κ1) is 12.9. The molecule has 0 saturated carbocycles. The second-order valence-electron chi connectivity index (χ2n) is 4.26. The first-order chi connectivity index (χ1) is 8.58. The largest absolute Gasteiger partial charge is 0.378 e. The van der Waals surface area contributed by atoms with Crippen LogP contribution in [0, 0.1) is 0 Å². The zero-order chi connectivity index (χ0) is 13.1. The number of nitrogens with zero attached hydrogens (tertiary/aromatic N) is 4. The molecule has 1 aromatic heterocycles. The van der Waals surface area contributed by atoms with E-state index in [1.165, 1.54) is 0 Å². The molecule has 1 aromatic carbocycles. The van der Waals surface area contributed by atoms with E-state index in [2.05, 4.69) is 48.6 Å². The number of hydrogen-bond acceptors (Lipinski definition) is 4. The van der Waals surface area contributed by atoms with Crippen molar-refractivity contribution >= 4 is 27.3 Å². The number of halogens is 1. The van der Waals surface area contributed by atoms with Crippen LogP contribution >= 0.6 is 15.9 Å². The molecule has 6 heteroatoms. The summed E-state index contributed by atoms with van der Waals surface area (Å²) >= 11 is 3.49. The Bertz CT molecular complexity index is 535. The molecule has 0 bridgehead atoms. The quantitative estimate of drug-likeness (QED) is 0.941. The number of benzene rings is 1. The molecule has 2 rings (SSSR count). The lowest BCUT2D eigenvalue weighted by molar-refractivity contribution is 0.683. The maximum absolute atomic E-state index is 3.91. The van der Waals surface area contributed by atoms with Gasteiger partial charge in [-0.3, -0.25) is 4.68 Å². The third-order valence-corrected chi connectivity index (χ3v) is 3.20. The van der Waals surface area contributed by atoms with Crippen LogP contribution in [-0.2, 0) is 13.6 Å². The highest BCUT2D eigenvalue weighted by molar-refractivity contribution is 9.10. The average Bonchev–Trinajstić information content (AvgIpc) is 2.72. The van der Waals surface area contributed by atoms with E-state index in [-0.39, 0.29) is 0 Å². The molecule has 0 radical (unpaired) electrons. The van der Waals surface area contributed by atoms with Gasteiger partial charge < -0.3 is 10.2 Å². The SMILES string of the molecule is CN(C)c1ccc(Br)cc1NCc1cnnn1C. The van der Waals surface area contributed by atoms with Crippen LogP contribution in [-0.4, -0.2) is 29.1 Å². The fraction of sp³-hybridized carbons (Fsp3) is 0.333. The summed E-state index contributed by atoms with van der Waals surface area (Å²) in [7, 11) is 5.94. The molecule has 0 unspecified atom stereocenters. The Morgan fingerprint density at radius 2 is 2.17 bits per heavy atom. The Morgan fingerprint density at radius 3 is 2.78 bits per heavy atom. The van der Waals surface area contributed by atoms with E-state index in [9.17, 15) is 0 Å². The van der Waals surface area contributed by atoms with E-state index >= 15 is 0 Å². The summed E-state index contributed by atoms with van der Waals surface area (Å²) in [6.07, 6.45) is 1.76. The van der Waals surface area contributed by atoms with Crippen LogP contribution < -0.4 is 10.2 Å². The zero-order valence-corrected chi connectivity index (χ0v) is 12.3. The molecule has 1 N–H and O–H groups in total. The van der Waals surface area contributed by atoms with Crippen LogP contribution in [0.5, 0.6) is 0 Å². The van der Waals surface area contributed by atoms with Gasteiger partial charge in [-0.2, -0.15) is 0 Å². The summed E-state index contributed by atoms with van der Waals surface area (Å²) in [5.74, 6) is 0. The molecule has 0 atom stereocenters. The van der Waals surface area contributed by atoms with Crippen LogP contribution in [0.25, 0.3) is 0 Å². The van der Waals surface area contributed by atoms with Crippen molar-refractivity contribution in [1.29, 1.82) is 0 Å². The lowest BCUT2D eigenvalue weighted by Gasteiger charge is -2.18. The topological polar surface area (TPSA) is 46.0 Å². The molecule has 18 heavy (non-hydrogen) atoms. The lowest BCUT2D eigenvalue weighted by Crippen LogP contribution is -2.13. The smallest absolute Gasteiger partial charge is 0.0774 e. The Morgan fingerprint density at radius 1 is 1.39 bits per heavy atom. The van der Waals surface area contributed by atoms with E-state index in [1.54, 1.807) is 10.9 Å². The van der Waals surface area contributed by atoms with Crippen molar-refractivity contribution in [2.24, 2.45) is 7.05 Å². The van der Waals surface area contributed by atoms with E-state index in [0.29, 0.717) is 6.54 Å². The van der Waals surface area contributed by atoms with Crippen LogP contribution in [0.3, 0.4) is 0 Å². The lowest BCUT2D eigenvalue weighted by atomic mass is 10.2. The second-order valence-corrected chi connectivity index (χ2v) is 5.17. The van der Waals surface area contributed by atoms with Gasteiger partial charge in [0.1, 0.15) is 0 Å². The molecule has 0 spiro atoms. The number of hydrogen-bond donors (Lipinski definition) is 1. The number of aryl methyl sites for hydroxylation is 1. The summed E-state index contributed by atoms with van der Waals surface area (Å²) in [5, 5.41) is 11.2. The molecule has 0 fully saturated rings. The molecule has 96 valence electrons. The Labute approximate surface area is 115 Å². The first-order valence-electron chi connectivity index (χ1n) is 5.62. The van der Waals surface area contributed by atoms with E-state index in [4.69, 9.17) is 0 Å². The molecule has 2 aromatic rings. The summed E-state index contributed by atoms with van der Waals surface area (Å²) in [6.45, 7) is 0.695. The standard InChI is InChI=1S/C12H16BrN5/c1-17(2)12-5-4-9(13)6-11(12)14-7-10-8-15-16-18(10)3/h4-6,8,14H,7H2,1-3H3. The molecule has 0 aliphatic carbocycles. The fourth-order valence-corrected chi connectivity index (χ4v) is 2.06. The number of anilines is 2. The van der Waals surface area contributed by atoms with Gasteiger partial charge >= 0.3 is 0 Å². The Hall–Kier alpha value is -1.56. The minimum atomic E-state index is 0.695. The first-order valence-corrected chi connectivity index (χ1v) is 6.41. The maximum Gasteiger partial charge on any atom is 0.0774 e.